The highest BCUT2D eigenvalue weighted by Crippen LogP contribution is 2.14. The molecule has 142 valence electrons. The standard InChI is InChI=1S/C17H29F2N5O/c1-3-14(12-15(18)19)17(25)21-5-7-23-8-10-24(11-9-23)13-16-20-4-6-22(16)2/h4,6,14-15H,3,5,7-13H2,1-2H3,(H,21,25). The average molecular weight is 357 g/mol. The Hall–Kier alpha value is -1.54. The largest absolute Gasteiger partial charge is 0.355 e. The number of carbonyl (C=O) groups is 1. The van der Waals surface area contributed by atoms with Gasteiger partial charge < -0.3 is 9.88 Å². The molecule has 1 fully saturated rings. The number of nitrogens with one attached hydrogen (secondary N) is 1. The Morgan fingerprint density at radius 1 is 1.28 bits per heavy atom. The summed E-state index contributed by atoms with van der Waals surface area (Å²) in [6, 6.07) is 0. The summed E-state index contributed by atoms with van der Waals surface area (Å²) in [6.45, 7) is 7.69. The van der Waals surface area contributed by atoms with Crippen LogP contribution in [0.25, 0.3) is 0 Å². The first-order chi connectivity index (χ1) is 12.0. The Kier molecular flexibility index (Phi) is 7.77. The van der Waals surface area contributed by atoms with Gasteiger partial charge in [-0.2, -0.15) is 0 Å². The number of imidazole rings is 1. The van der Waals surface area contributed by atoms with Crippen molar-refractivity contribution in [1.82, 2.24) is 24.7 Å². The number of alkyl halides is 2. The maximum Gasteiger partial charge on any atom is 0.239 e. The van der Waals surface area contributed by atoms with Crippen LogP contribution in [-0.4, -0.2) is 71.0 Å². The molecule has 0 aliphatic carbocycles. The second-order valence-corrected chi connectivity index (χ2v) is 6.60. The Morgan fingerprint density at radius 2 is 1.96 bits per heavy atom. The summed E-state index contributed by atoms with van der Waals surface area (Å²) < 4.78 is 26.9. The summed E-state index contributed by atoms with van der Waals surface area (Å²) in [5.41, 5.74) is 0. The highest BCUT2D eigenvalue weighted by molar-refractivity contribution is 5.78. The van der Waals surface area contributed by atoms with Crippen molar-refractivity contribution in [2.24, 2.45) is 13.0 Å². The van der Waals surface area contributed by atoms with Gasteiger partial charge in [0.25, 0.3) is 0 Å². The number of nitrogens with zero attached hydrogens (tertiary/aromatic N) is 4. The number of hydrogen-bond acceptors (Lipinski definition) is 4. The molecule has 6 nitrogen and oxygen atoms in total. The Balaban J connectivity index is 1.63. The van der Waals surface area contributed by atoms with E-state index in [1.807, 2.05) is 24.0 Å². The van der Waals surface area contributed by atoms with Gasteiger partial charge >= 0.3 is 0 Å². The van der Waals surface area contributed by atoms with E-state index >= 15 is 0 Å². The third-order valence-corrected chi connectivity index (χ3v) is 4.80. The molecule has 1 atom stereocenters. The molecule has 0 saturated carbocycles. The van der Waals surface area contributed by atoms with Crippen LogP contribution in [0.3, 0.4) is 0 Å². The molecule has 25 heavy (non-hydrogen) atoms. The van der Waals surface area contributed by atoms with Crippen LogP contribution in [0, 0.1) is 5.92 Å². The van der Waals surface area contributed by atoms with Gasteiger partial charge in [0.05, 0.1) is 6.54 Å². The first-order valence-corrected chi connectivity index (χ1v) is 8.96. The van der Waals surface area contributed by atoms with Gasteiger partial charge in [0.1, 0.15) is 5.82 Å². The SMILES string of the molecule is CCC(CC(F)F)C(=O)NCCN1CCN(Cc2nccn2C)CC1. The van der Waals surface area contributed by atoms with Crippen LogP contribution in [-0.2, 0) is 18.4 Å². The fourth-order valence-electron chi connectivity index (χ4n) is 3.08. The van der Waals surface area contributed by atoms with E-state index in [4.69, 9.17) is 0 Å². The van der Waals surface area contributed by atoms with Crippen molar-refractivity contribution in [1.29, 1.82) is 0 Å². The first-order valence-electron chi connectivity index (χ1n) is 8.96. The highest BCUT2D eigenvalue weighted by Gasteiger charge is 2.22. The van der Waals surface area contributed by atoms with Crippen LogP contribution in [0.1, 0.15) is 25.6 Å². The highest BCUT2D eigenvalue weighted by atomic mass is 19.3. The summed E-state index contributed by atoms with van der Waals surface area (Å²) in [6.07, 6.45) is 1.43. The van der Waals surface area contributed by atoms with Gasteiger partial charge in [0.15, 0.2) is 0 Å². The predicted molar refractivity (Wildman–Crippen MR) is 92.3 cm³/mol. The maximum absolute atomic E-state index is 12.4. The molecule has 1 N–H and O–H groups in total. The summed E-state index contributed by atoms with van der Waals surface area (Å²) in [4.78, 5) is 20.9. The molecule has 0 aromatic carbocycles. The molecule has 1 saturated heterocycles. The zero-order valence-electron chi connectivity index (χ0n) is 15.1. The van der Waals surface area contributed by atoms with E-state index < -0.39 is 12.3 Å². The van der Waals surface area contributed by atoms with Gasteiger partial charge in [-0.1, -0.05) is 6.92 Å². The van der Waals surface area contributed by atoms with Crippen molar-refractivity contribution in [2.75, 3.05) is 39.3 Å². The quantitative estimate of drug-likeness (QED) is 0.725. The summed E-state index contributed by atoms with van der Waals surface area (Å²) in [5, 5.41) is 2.80. The molecule has 1 aromatic rings. The Bertz CT molecular complexity index is 529. The summed E-state index contributed by atoms with van der Waals surface area (Å²) in [5.74, 6) is 0.219. The number of hydrogen-bond donors (Lipinski definition) is 1. The van der Waals surface area contributed by atoms with Crippen molar-refractivity contribution in [3.8, 4) is 0 Å². The lowest BCUT2D eigenvalue weighted by atomic mass is 10.0. The molecule has 0 spiro atoms. The predicted octanol–water partition coefficient (Wildman–Crippen LogP) is 1.34. The van der Waals surface area contributed by atoms with E-state index in [9.17, 15) is 13.6 Å². The van der Waals surface area contributed by atoms with E-state index in [0.717, 1.165) is 45.1 Å². The number of piperazine rings is 1. The lowest BCUT2D eigenvalue weighted by Gasteiger charge is -2.34. The topological polar surface area (TPSA) is 53.4 Å². The third kappa shape index (κ3) is 6.36. The summed E-state index contributed by atoms with van der Waals surface area (Å²) >= 11 is 0. The number of aryl methyl sites for hydroxylation is 1. The minimum atomic E-state index is -2.43. The van der Waals surface area contributed by atoms with Crippen molar-refractivity contribution in [2.45, 2.75) is 32.7 Å². The van der Waals surface area contributed by atoms with Crippen LogP contribution < -0.4 is 5.32 Å². The first kappa shape index (κ1) is 19.8. The zero-order chi connectivity index (χ0) is 18.2. The molecule has 1 aliphatic heterocycles. The fraction of sp³-hybridized carbons (Fsp3) is 0.765. The van der Waals surface area contributed by atoms with Gasteiger partial charge in [-0.25, -0.2) is 13.8 Å². The lowest BCUT2D eigenvalue weighted by molar-refractivity contribution is -0.126. The molecular formula is C17H29F2N5O. The van der Waals surface area contributed by atoms with Crippen LogP contribution in [0.4, 0.5) is 8.78 Å². The molecular weight excluding hydrogens is 328 g/mol. The molecule has 1 aliphatic rings. The van der Waals surface area contributed by atoms with Gasteiger partial charge in [-0.15, -0.1) is 0 Å². The van der Waals surface area contributed by atoms with E-state index in [1.54, 1.807) is 6.92 Å². The summed E-state index contributed by atoms with van der Waals surface area (Å²) in [7, 11) is 2.00. The minimum absolute atomic E-state index is 0.254. The average Bonchev–Trinajstić information content (AvgIpc) is 2.99. The van der Waals surface area contributed by atoms with Crippen LogP contribution >= 0.6 is 0 Å². The number of aromatic nitrogens is 2. The molecule has 0 bridgehead atoms. The minimum Gasteiger partial charge on any atom is -0.355 e. The molecule has 2 heterocycles. The third-order valence-electron chi connectivity index (χ3n) is 4.80. The van der Waals surface area contributed by atoms with Crippen molar-refractivity contribution in [3.63, 3.8) is 0 Å². The Morgan fingerprint density at radius 3 is 2.52 bits per heavy atom. The molecule has 0 radical (unpaired) electrons. The van der Waals surface area contributed by atoms with Crippen LogP contribution in [0.15, 0.2) is 12.4 Å². The normalized spacial score (nSPS) is 17.8. The van der Waals surface area contributed by atoms with Crippen molar-refractivity contribution < 1.29 is 13.6 Å². The molecule has 1 amide bonds. The Labute approximate surface area is 148 Å². The molecule has 8 heteroatoms. The molecule has 2 rings (SSSR count). The second kappa shape index (κ2) is 9.82. The van der Waals surface area contributed by atoms with E-state index in [-0.39, 0.29) is 12.3 Å². The van der Waals surface area contributed by atoms with Crippen molar-refractivity contribution in [3.05, 3.63) is 18.2 Å². The van der Waals surface area contributed by atoms with Crippen LogP contribution in [0.5, 0.6) is 0 Å². The number of halogens is 2. The smallest absolute Gasteiger partial charge is 0.239 e. The number of amides is 1. The maximum atomic E-state index is 12.4. The van der Waals surface area contributed by atoms with Crippen molar-refractivity contribution >= 4 is 5.91 Å². The van der Waals surface area contributed by atoms with E-state index in [1.165, 1.54) is 0 Å². The van der Waals surface area contributed by atoms with Gasteiger partial charge in [-0.3, -0.25) is 14.6 Å². The fourth-order valence-corrected chi connectivity index (χ4v) is 3.08. The number of rotatable bonds is 9. The van der Waals surface area contributed by atoms with E-state index in [2.05, 4.69) is 20.1 Å². The number of carbonyl (C=O) groups excluding carboxylic acids is 1. The van der Waals surface area contributed by atoms with Gasteiger partial charge in [0, 0.05) is 71.0 Å². The van der Waals surface area contributed by atoms with Gasteiger partial charge in [-0.05, 0) is 6.42 Å². The molecule has 1 aromatic heterocycles. The zero-order valence-corrected chi connectivity index (χ0v) is 15.1. The van der Waals surface area contributed by atoms with Crippen LogP contribution in [0.2, 0.25) is 0 Å². The second-order valence-electron chi connectivity index (χ2n) is 6.60. The monoisotopic (exact) mass is 357 g/mol. The lowest BCUT2D eigenvalue weighted by Crippen LogP contribution is -2.48. The van der Waals surface area contributed by atoms with E-state index in [0.29, 0.717) is 13.0 Å². The molecule has 1 unspecified atom stereocenters. The van der Waals surface area contributed by atoms with Gasteiger partial charge in [0.2, 0.25) is 12.3 Å².